The van der Waals surface area contributed by atoms with Crippen LogP contribution in [0.25, 0.3) is 6.08 Å². The van der Waals surface area contributed by atoms with Crippen molar-refractivity contribution in [3.8, 4) is 5.75 Å². The van der Waals surface area contributed by atoms with Crippen molar-refractivity contribution in [2.75, 3.05) is 6.26 Å². The van der Waals surface area contributed by atoms with E-state index in [0.29, 0.717) is 17.3 Å². The van der Waals surface area contributed by atoms with Gasteiger partial charge in [0.15, 0.2) is 0 Å². The van der Waals surface area contributed by atoms with E-state index in [9.17, 15) is 9.18 Å². The van der Waals surface area contributed by atoms with Gasteiger partial charge in [-0.2, -0.15) is 4.99 Å². The molecular formula is C18H14FNO2S2. The molecule has 6 heteroatoms. The summed E-state index contributed by atoms with van der Waals surface area (Å²) in [5.41, 5.74) is 1.81. The summed E-state index contributed by atoms with van der Waals surface area (Å²) in [6.07, 6.45) is 3.72. The molecule has 1 amide bonds. The van der Waals surface area contributed by atoms with Crippen LogP contribution in [0.3, 0.4) is 0 Å². The van der Waals surface area contributed by atoms with E-state index in [0.717, 1.165) is 15.5 Å². The SMILES string of the molecule is CSC1=NC(=O)C(=Cc2ccc(OCc3ccc(F)cc3)cc2)S1. The minimum atomic E-state index is -0.260. The van der Waals surface area contributed by atoms with E-state index in [4.69, 9.17) is 4.74 Å². The van der Waals surface area contributed by atoms with Crippen molar-refractivity contribution in [1.82, 2.24) is 0 Å². The summed E-state index contributed by atoms with van der Waals surface area (Å²) in [7, 11) is 0. The molecule has 0 saturated heterocycles. The first-order valence-corrected chi connectivity index (χ1v) is 9.22. The molecule has 1 aliphatic rings. The second-order valence-electron chi connectivity index (χ2n) is 4.98. The smallest absolute Gasteiger partial charge is 0.285 e. The molecule has 24 heavy (non-hydrogen) atoms. The maximum absolute atomic E-state index is 12.9. The van der Waals surface area contributed by atoms with E-state index < -0.39 is 0 Å². The molecule has 0 unspecified atom stereocenters. The van der Waals surface area contributed by atoms with Gasteiger partial charge in [-0.05, 0) is 47.7 Å². The first-order valence-electron chi connectivity index (χ1n) is 7.18. The van der Waals surface area contributed by atoms with Crippen LogP contribution < -0.4 is 4.74 Å². The third kappa shape index (κ3) is 4.27. The second kappa shape index (κ2) is 7.68. The van der Waals surface area contributed by atoms with Gasteiger partial charge < -0.3 is 4.74 Å². The van der Waals surface area contributed by atoms with Gasteiger partial charge in [-0.15, -0.1) is 11.8 Å². The van der Waals surface area contributed by atoms with Gasteiger partial charge >= 0.3 is 0 Å². The lowest BCUT2D eigenvalue weighted by Gasteiger charge is -2.06. The monoisotopic (exact) mass is 359 g/mol. The molecule has 0 radical (unpaired) electrons. The normalized spacial score (nSPS) is 15.7. The highest BCUT2D eigenvalue weighted by Crippen LogP contribution is 2.32. The fourth-order valence-corrected chi connectivity index (χ4v) is 3.46. The molecule has 3 nitrogen and oxygen atoms in total. The van der Waals surface area contributed by atoms with E-state index in [1.807, 2.05) is 36.6 Å². The predicted octanol–water partition coefficient (Wildman–Crippen LogP) is 4.74. The number of aliphatic imine (C=N–C) groups is 1. The Bertz CT molecular complexity index is 799. The standard InChI is InChI=1S/C18H14FNO2S2/c1-23-18-20-17(21)16(24-18)10-12-4-8-15(9-5-12)22-11-13-2-6-14(19)7-3-13/h2-10H,11H2,1H3. The van der Waals surface area contributed by atoms with Crippen molar-refractivity contribution in [1.29, 1.82) is 0 Å². The Kier molecular flexibility index (Phi) is 5.37. The van der Waals surface area contributed by atoms with Crippen LogP contribution in [0.1, 0.15) is 11.1 Å². The van der Waals surface area contributed by atoms with Crippen molar-refractivity contribution >= 4 is 39.9 Å². The molecule has 0 N–H and O–H groups in total. The number of carbonyl (C=O) groups is 1. The predicted molar refractivity (Wildman–Crippen MR) is 98.7 cm³/mol. The summed E-state index contributed by atoms with van der Waals surface area (Å²) in [5.74, 6) is 0.262. The van der Waals surface area contributed by atoms with Gasteiger partial charge in [-0.25, -0.2) is 4.39 Å². The van der Waals surface area contributed by atoms with Gasteiger partial charge in [-0.1, -0.05) is 36.0 Å². The largest absolute Gasteiger partial charge is 0.489 e. The highest BCUT2D eigenvalue weighted by molar-refractivity contribution is 8.40. The van der Waals surface area contributed by atoms with E-state index in [1.165, 1.54) is 35.7 Å². The molecule has 1 aliphatic heterocycles. The summed E-state index contributed by atoms with van der Waals surface area (Å²) in [6, 6.07) is 13.7. The van der Waals surface area contributed by atoms with Gasteiger partial charge in [0.25, 0.3) is 5.91 Å². The van der Waals surface area contributed by atoms with Crippen LogP contribution in [-0.2, 0) is 11.4 Å². The van der Waals surface area contributed by atoms with Crippen LogP contribution >= 0.6 is 23.5 Å². The molecule has 2 aromatic carbocycles. The van der Waals surface area contributed by atoms with Crippen LogP contribution in [0.2, 0.25) is 0 Å². The van der Waals surface area contributed by atoms with Crippen molar-refractivity contribution in [3.63, 3.8) is 0 Å². The Morgan fingerprint density at radius 1 is 1.17 bits per heavy atom. The molecule has 3 rings (SSSR count). The van der Waals surface area contributed by atoms with Crippen LogP contribution in [0.4, 0.5) is 4.39 Å². The fourth-order valence-electron chi connectivity index (χ4n) is 2.04. The van der Waals surface area contributed by atoms with Crippen molar-refractivity contribution in [3.05, 3.63) is 70.4 Å². The Morgan fingerprint density at radius 2 is 1.88 bits per heavy atom. The summed E-state index contributed by atoms with van der Waals surface area (Å²) in [4.78, 5) is 16.3. The molecule has 0 saturated carbocycles. The third-order valence-electron chi connectivity index (χ3n) is 3.27. The van der Waals surface area contributed by atoms with Gasteiger partial charge in [0.2, 0.25) is 0 Å². The van der Waals surface area contributed by atoms with Crippen LogP contribution in [0.15, 0.2) is 58.4 Å². The van der Waals surface area contributed by atoms with Crippen LogP contribution in [-0.4, -0.2) is 16.5 Å². The number of carbonyl (C=O) groups excluding carboxylic acids is 1. The van der Waals surface area contributed by atoms with Gasteiger partial charge in [0.05, 0.1) is 4.91 Å². The molecule has 0 atom stereocenters. The first kappa shape index (κ1) is 16.8. The topological polar surface area (TPSA) is 38.7 Å². The zero-order chi connectivity index (χ0) is 16.9. The van der Waals surface area contributed by atoms with Gasteiger partial charge in [0.1, 0.15) is 22.5 Å². The number of nitrogens with zero attached hydrogens (tertiary/aromatic N) is 1. The lowest BCUT2D eigenvalue weighted by Crippen LogP contribution is -1.95. The number of benzene rings is 2. The quantitative estimate of drug-likeness (QED) is 0.739. The number of amides is 1. The summed E-state index contributed by atoms with van der Waals surface area (Å²) in [5, 5.41) is 0. The van der Waals surface area contributed by atoms with E-state index in [2.05, 4.69) is 4.99 Å². The minimum Gasteiger partial charge on any atom is -0.489 e. The molecule has 1 heterocycles. The van der Waals surface area contributed by atoms with Crippen molar-refractivity contribution < 1.29 is 13.9 Å². The molecular weight excluding hydrogens is 345 g/mol. The van der Waals surface area contributed by atoms with E-state index in [1.54, 1.807) is 12.1 Å². The Labute approximate surface area is 148 Å². The number of rotatable bonds is 4. The average molecular weight is 359 g/mol. The fraction of sp³-hybridized carbons (Fsp3) is 0.111. The minimum absolute atomic E-state index is 0.194. The first-order chi connectivity index (χ1) is 11.6. The molecule has 0 fully saturated rings. The molecule has 122 valence electrons. The average Bonchev–Trinajstić information content (AvgIpc) is 2.96. The zero-order valence-corrected chi connectivity index (χ0v) is 14.5. The Balaban J connectivity index is 1.61. The van der Waals surface area contributed by atoms with E-state index in [-0.39, 0.29) is 11.7 Å². The number of thioether (sulfide) groups is 2. The molecule has 0 aromatic heterocycles. The van der Waals surface area contributed by atoms with Crippen molar-refractivity contribution in [2.24, 2.45) is 4.99 Å². The van der Waals surface area contributed by atoms with Crippen LogP contribution in [0.5, 0.6) is 5.75 Å². The summed E-state index contributed by atoms with van der Waals surface area (Å²) < 4.78 is 19.3. The summed E-state index contributed by atoms with van der Waals surface area (Å²) in [6.45, 7) is 0.375. The van der Waals surface area contributed by atoms with Gasteiger partial charge in [0, 0.05) is 0 Å². The van der Waals surface area contributed by atoms with Gasteiger partial charge in [-0.3, -0.25) is 4.79 Å². The highest BCUT2D eigenvalue weighted by atomic mass is 32.2. The molecule has 2 aromatic rings. The molecule has 0 spiro atoms. The molecule has 0 bridgehead atoms. The highest BCUT2D eigenvalue weighted by Gasteiger charge is 2.20. The maximum atomic E-state index is 12.9. The van der Waals surface area contributed by atoms with Crippen LogP contribution in [0, 0.1) is 5.82 Å². The van der Waals surface area contributed by atoms with Crippen molar-refractivity contribution in [2.45, 2.75) is 6.61 Å². The zero-order valence-electron chi connectivity index (χ0n) is 12.9. The van der Waals surface area contributed by atoms with E-state index >= 15 is 0 Å². The number of hydrogen-bond acceptors (Lipinski definition) is 4. The molecule has 0 aliphatic carbocycles. The number of ether oxygens (including phenoxy) is 1. The third-order valence-corrected chi connectivity index (χ3v) is 5.24. The summed E-state index contributed by atoms with van der Waals surface area (Å²) >= 11 is 2.86. The Hall–Kier alpha value is -2.05. The lowest BCUT2D eigenvalue weighted by atomic mass is 10.2. The lowest BCUT2D eigenvalue weighted by molar-refractivity contribution is -0.113. The number of halogens is 1. The maximum Gasteiger partial charge on any atom is 0.285 e. The second-order valence-corrected chi connectivity index (χ2v) is 7.07. The Morgan fingerprint density at radius 3 is 2.50 bits per heavy atom. The number of hydrogen-bond donors (Lipinski definition) is 0.